The molecular weight excluding hydrogens is 328 g/mol. The number of carboxylic acids is 1. The summed E-state index contributed by atoms with van der Waals surface area (Å²) in [5, 5.41) is 15.2. The summed E-state index contributed by atoms with van der Waals surface area (Å²) in [6.45, 7) is 0. The predicted molar refractivity (Wildman–Crippen MR) is 99.7 cm³/mol. The maximum atomic E-state index is 13.0. The fraction of sp³-hybridized carbons (Fsp3) is 0. The Labute approximate surface area is 148 Å². The van der Waals surface area contributed by atoms with Gasteiger partial charge >= 0.3 is 5.97 Å². The summed E-state index contributed by atoms with van der Waals surface area (Å²) >= 11 is 0. The summed E-state index contributed by atoms with van der Waals surface area (Å²) in [6, 6.07) is 23.1. The second-order valence-electron chi connectivity index (χ2n) is 5.80. The Hall–Kier alpha value is -3.73. The maximum absolute atomic E-state index is 13.0. The van der Waals surface area contributed by atoms with Gasteiger partial charge in [-0.2, -0.15) is 9.78 Å². The van der Waals surface area contributed by atoms with E-state index in [1.165, 1.54) is 10.7 Å². The number of fused-ring (bicyclic) bond motifs is 1. The zero-order valence-electron chi connectivity index (χ0n) is 13.7. The van der Waals surface area contributed by atoms with Crippen molar-refractivity contribution in [3.63, 3.8) is 0 Å². The topological polar surface area (TPSA) is 72.2 Å². The third kappa shape index (κ3) is 2.56. The first-order valence-electron chi connectivity index (χ1n) is 8.07. The summed E-state index contributed by atoms with van der Waals surface area (Å²) in [5.41, 5.74) is 1.39. The minimum absolute atomic E-state index is 0.0244. The van der Waals surface area contributed by atoms with E-state index in [2.05, 4.69) is 5.10 Å². The molecule has 26 heavy (non-hydrogen) atoms. The first kappa shape index (κ1) is 15.8. The molecule has 1 heterocycles. The Morgan fingerprint density at radius 1 is 0.808 bits per heavy atom. The molecule has 0 amide bonds. The number of aromatic nitrogens is 2. The lowest BCUT2D eigenvalue weighted by atomic mass is 10.0. The van der Waals surface area contributed by atoms with E-state index in [-0.39, 0.29) is 16.8 Å². The van der Waals surface area contributed by atoms with Crippen molar-refractivity contribution in [3.8, 4) is 16.9 Å². The number of carboxylic acid groups (broad SMARTS) is 1. The van der Waals surface area contributed by atoms with Crippen LogP contribution in [0.5, 0.6) is 0 Å². The van der Waals surface area contributed by atoms with Crippen molar-refractivity contribution in [2.24, 2.45) is 0 Å². The van der Waals surface area contributed by atoms with Gasteiger partial charge in [-0.3, -0.25) is 4.79 Å². The highest BCUT2D eigenvalue weighted by Gasteiger charge is 2.17. The van der Waals surface area contributed by atoms with Gasteiger partial charge in [-0.05, 0) is 18.2 Å². The zero-order valence-corrected chi connectivity index (χ0v) is 13.7. The summed E-state index contributed by atoms with van der Waals surface area (Å²) in [5.74, 6) is -1.11. The van der Waals surface area contributed by atoms with E-state index in [0.29, 0.717) is 11.1 Å². The number of rotatable bonds is 3. The Kier molecular flexibility index (Phi) is 3.82. The van der Waals surface area contributed by atoms with Crippen molar-refractivity contribution in [2.75, 3.05) is 0 Å². The number of nitrogens with zero attached hydrogens (tertiary/aromatic N) is 2. The van der Waals surface area contributed by atoms with Crippen LogP contribution >= 0.6 is 0 Å². The number of para-hydroxylation sites is 1. The summed E-state index contributed by atoms with van der Waals surface area (Å²) in [7, 11) is 0. The van der Waals surface area contributed by atoms with Crippen LogP contribution in [-0.4, -0.2) is 20.9 Å². The van der Waals surface area contributed by atoms with E-state index >= 15 is 0 Å². The average molecular weight is 342 g/mol. The van der Waals surface area contributed by atoms with Gasteiger partial charge in [0.15, 0.2) is 0 Å². The van der Waals surface area contributed by atoms with Crippen LogP contribution in [0.4, 0.5) is 0 Å². The number of hydrogen-bond donors (Lipinski definition) is 1. The predicted octanol–water partition coefficient (Wildman–Crippen LogP) is 3.75. The lowest BCUT2D eigenvalue weighted by Crippen LogP contribution is -2.24. The van der Waals surface area contributed by atoms with E-state index in [1.54, 1.807) is 30.3 Å². The molecule has 0 fully saturated rings. The van der Waals surface area contributed by atoms with Crippen molar-refractivity contribution in [1.29, 1.82) is 0 Å². The van der Waals surface area contributed by atoms with Gasteiger partial charge < -0.3 is 5.11 Å². The molecule has 0 saturated carbocycles. The van der Waals surface area contributed by atoms with Gasteiger partial charge in [-0.25, -0.2) is 4.79 Å². The van der Waals surface area contributed by atoms with Crippen LogP contribution in [0.1, 0.15) is 10.4 Å². The Morgan fingerprint density at radius 2 is 1.42 bits per heavy atom. The Balaban J connectivity index is 2.11. The number of aromatic carboxylic acids is 1. The molecule has 4 rings (SSSR count). The fourth-order valence-corrected chi connectivity index (χ4v) is 3.00. The van der Waals surface area contributed by atoms with E-state index in [1.807, 2.05) is 42.5 Å². The van der Waals surface area contributed by atoms with Gasteiger partial charge in [-0.1, -0.05) is 60.7 Å². The minimum atomic E-state index is -1.11. The summed E-state index contributed by atoms with van der Waals surface area (Å²) < 4.78 is 1.17. The largest absolute Gasteiger partial charge is 0.478 e. The molecule has 0 saturated heterocycles. The number of hydrogen-bond acceptors (Lipinski definition) is 3. The van der Waals surface area contributed by atoms with E-state index < -0.39 is 5.97 Å². The first-order chi connectivity index (χ1) is 12.7. The molecule has 5 heteroatoms. The lowest BCUT2D eigenvalue weighted by molar-refractivity contribution is 0.0696. The highest BCUT2D eigenvalue weighted by Crippen LogP contribution is 2.25. The van der Waals surface area contributed by atoms with Gasteiger partial charge in [0.05, 0.1) is 22.3 Å². The number of carbonyl (C=O) groups is 1. The molecule has 0 spiro atoms. The second-order valence-corrected chi connectivity index (χ2v) is 5.80. The van der Waals surface area contributed by atoms with Crippen molar-refractivity contribution in [2.45, 2.75) is 0 Å². The van der Waals surface area contributed by atoms with Crippen LogP contribution in [0.3, 0.4) is 0 Å². The second kappa shape index (κ2) is 6.29. The smallest absolute Gasteiger partial charge is 0.337 e. The highest BCUT2D eigenvalue weighted by atomic mass is 16.4. The fourth-order valence-electron chi connectivity index (χ4n) is 3.00. The van der Waals surface area contributed by atoms with Gasteiger partial charge in [-0.15, -0.1) is 0 Å². The van der Waals surface area contributed by atoms with Gasteiger partial charge in [0.1, 0.15) is 0 Å². The van der Waals surface area contributed by atoms with Crippen LogP contribution in [0.25, 0.3) is 27.7 Å². The van der Waals surface area contributed by atoms with E-state index in [9.17, 15) is 14.7 Å². The molecule has 0 aliphatic rings. The third-order valence-electron chi connectivity index (χ3n) is 4.21. The highest BCUT2D eigenvalue weighted by molar-refractivity contribution is 5.95. The molecule has 0 aliphatic carbocycles. The monoisotopic (exact) mass is 342 g/mol. The molecule has 5 nitrogen and oxygen atoms in total. The summed E-state index contributed by atoms with van der Waals surface area (Å²) in [6.07, 6.45) is 0. The van der Waals surface area contributed by atoms with Crippen LogP contribution in [-0.2, 0) is 0 Å². The molecule has 126 valence electrons. The SMILES string of the molecule is O=C(O)c1ccccc1-n1nc(-c2ccccc2)c2ccccc2c1=O. The zero-order chi connectivity index (χ0) is 18.1. The van der Waals surface area contributed by atoms with Crippen molar-refractivity contribution < 1.29 is 9.90 Å². The van der Waals surface area contributed by atoms with Gasteiger partial charge in [0.25, 0.3) is 5.56 Å². The van der Waals surface area contributed by atoms with Crippen molar-refractivity contribution >= 4 is 16.7 Å². The van der Waals surface area contributed by atoms with Gasteiger partial charge in [0.2, 0.25) is 0 Å². The summed E-state index contributed by atoms with van der Waals surface area (Å²) in [4.78, 5) is 24.6. The van der Waals surface area contributed by atoms with Crippen LogP contribution < -0.4 is 5.56 Å². The van der Waals surface area contributed by atoms with Crippen LogP contribution in [0.2, 0.25) is 0 Å². The van der Waals surface area contributed by atoms with Crippen molar-refractivity contribution in [1.82, 2.24) is 9.78 Å². The quantitative estimate of drug-likeness (QED) is 0.615. The molecule has 0 bridgehead atoms. The normalized spacial score (nSPS) is 10.8. The van der Waals surface area contributed by atoms with Crippen LogP contribution in [0, 0.1) is 0 Å². The van der Waals surface area contributed by atoms with Crippen molar-refractivity contribution in [3.05, 3.63) is 94.8 Å². The molecule has 0 atom stereocenters. The molecule has 1 N–H and O–H groups in total. The molecule has 3 aromatic carbocycles. The Bertz CT molecular complexity index is 1180. The Morgan fingerprint density at radius 3 is 2.15 bits per heavy atom. The number of benzene rings is 3. The maximum Gasteiger partial charge on any atom is 0.337 e. The third-order valence-corrected chi connectivity index (χ3v) is 4.21. The first-order valence-corrected chi connectivity index (χ1v) is 8.07. The molecular formula is C21H14N2O3. The molecule has 4 aromatic rings. The molecule has 1 aromatic heterocycles. The minimum Gasteiger partial charge on any atom is -0.478 e. The van der Waals surface area contributed by atoms with E-state index in [0.717, 1.165) is 10.9 Å². The lowest BCUT2D eigenvalue weighted by Gasteiger charge is -2.13. The van der Waals surface area contributed by atoms with E-state index in [4.69, 9.17) is 0 Å². The average Bonchev–Trinajstić information content (AvgIpc) is 2.69. The van der Waals surface area contributed by atoms with Crippen LogP contribution in [0.15, 0.2) is 83.7 Å². The standard InChI is InChI=1S/C21H14N2O3/c24-20-16-11-5-4-10-15(16)19(14-8-2-1-3-9-14)22-23(20)18-13-7-6-12-17(18)21(25)26/h1-13H,(H,25,26). The molecule has 0 aliphatic heterocycles. The molecule has 0 radical (unpaired) electrons. The van der Waals surface area contributed by atoms with Gasteiger partial charge in [0, 0.05) is 10.9 Å². The molecule has 0 unspecified atom stereocenters.